The highest BCUT2D eigenvalue weighted by Gasteiger charge is 2.29. The Morgan fingerprint density at radius 1 is 1.12 bits per heavy atom. The van der Waals surface area contributed by atoms with E-state index in [2.05, 4.69) is 34.5 Å². The molecular formula is C15H16N2. The average molecular weight is 224 g/mol. The highest BCUT2D eigenvalue weighted by Crippen LogP contribution is 2.42. The quantitative estimate of drug-likeness (QED) is 0.671. The summed E-state index contributed by atoms with van der Waals surface area (Å²) < 4.78 is 0. The summed E-state index contributed by atoms with van der Waals surface area (Å²) in [5, 5.41) is 7.87. The van der Waals surface area contributed by atoms with E-state index < -0.39 is 0 Å². The van der Waals surface area contributed by atoms with Gasteiger partial charge in [-0.2, -0.15) is 5.10 Å². The molecule has 0 amide bonds. The van der Waals surface area contributed by atoms with Gasteiger partial charge in [0, 0.05) is 29.2 Å². The van der Waals surface area contributed by atoms with Gasteiger partial charge in [-0.05, 0) is 18.4 Å². The third-order valence-electron chi connectivity index (χ3n) is 4.30. The van der Waals surface area contributed by atoms with Gasteiger partial charge < -0.3 is 0 Å². The van der Waals surface area contributed by atoms with Crippen LogP contribution in [0, 0.1) is 0 Å². The molecule has 2 aliphatic rings. The number of fused-ring (bicyclic) bond motifs is 3. The van der Waals surface area contributed by atoms with Gasteiger partial charge in [0.25, 0.3) is 0 Å². The van der Waals surface area contributed by atoms with Crippen LogP contribution in [0.2, 0.25) is 0 Å². The summed E-state index contributed by atoms with van der Waals surface area (Å²) in [6, 6.07) is 8.66. The fourth-order valence-corrected chi connectivity index (χ4v) is 3.43. The van der Waals surface area contributed by atoms with Crippen LogP contribution >= 0.6 is 0 Å². The highest BCUT2D eigenvalue weighted by atomic mass is 15.1. The number of rotatable bonds is 1. The third kappa shape index (κ3) is 1.30. The lowest BCUT2D eigenvalue weighted by Crippen LogP contribution is -1.97. The van der Waals surface area contributed by atoms with E-state index in [1.165, 1.54) is 53.8 Å². The second-order valence-electron chi connectivity index (χ2n) is 5.28. The Morgan fingerprint density at radius 2 is 1.94 bits per heavy atom. The molecule has 17 heavy (non-hydrogen) atoms. The normalized spacial score (nSPS) is 18.4. The van der Waals surface area contributed by atoms with Crippen molar-refractivity contribution in [1.82, 2.24) is 10.2 Å². The largest absolute Gasteiger partial charge is 0.281 e. The van der Waals surface area contributed by atoms with Crippen molar-refractivity contribution in [1.29, 1.82) is 0 Å². The molecule has 0 saturated heterocycles. The first-order chi connectivity index (χ1) is 8.43. The highest BCUT2D eigenvalue weighted by molar-refractivity contribution is 5.74. The summed E-state index contributed by atoms with van der Waals surface area (Å²) in [4.78, 5) is 0. The van der Waals surface area contributed by atoms with Gasteiger partial charge in [-0.1, -0.05) is 37.1 Å². The molecule has 2 nitrogen and oxygen atoms in total. The lowest BCUT2D eigenvalue weighted by atomic mass is 9.99. The van der Waals surface area contributed by atoms with Crippen molar-refractivity contribution in [3.05, 3.63) is 41.1 Å². The van der Waals surface area contributed by atoms with E-state index in [0.717, 1.165) is 12.3 Å². The van der Waals surface area contributed by atoms with Crippen molar-refractivity contribution < 1.29 is 0 Å². The van der Waals surface area contributed by atoms with E-state index in [4.69, 9.17) is 0 Å². The maximum absolute atomic E-state index is 4.56. The van der Waals surface area contributed by atoms with Crippen molar-refractivity contribution in [2.45, 2.75) is 38.0 Å². The molecule has 1 fully saturated rings. The Hall–Kier alpha value is -1.57. The van der Waals surface area contributed by atoms with Crippen LogP contribution in [0.15, 0.2) is 24.3 Å². The SMILES string of the molecule is c1ccc2c(c1)Cc1c-2n[nH]c1C1CCCC1. The lowest BCUT2D eigenvalue weighted by molar-refractivity contribution is 0.686. The molecule has 0 bridgehead atoms. The summed E-state index contributed by atoms with van der Waals surface area (Å²) >= 11 is 0. The van der Waals surface area contributed by atoms with Gasteiger partial charge in [0.1, 0.15) is 0 Å². The Labute approximate surface area is 101 Å². The molecule has 1 aromatic heterocycles. The van der Waals surface area contributed by atoms with Crippen LogP contribution in [0.5, 0.6) is 0 Å². The molecule has 0 aliphatic heterocycles. The summed E-state index contributed by atoms with van der Waals surface area (Å²) in [6.45, 7) is 0. The van der Waals surface area contributed by atoms with Crippen LogP contribution in [0.3, 0.4) is 0 Å². The Kier molecular flexibility index (Phi) is 1.92. The molecule has 0 atom stereocenters. The number of nitrogens with one attached hydrogen (secondary N) is 1. The van der Waals surface area contributed by atoms with Crippen LogP contribution in [0.1, 0.15) is 48.4 Å². The minimum atomic E-state index is 0.737. The first kappa shape index (κ1) is 9.46. The summed E-state index contributed by atoms with van der Waals surface area (Å²) in [5.74, 6) is 0.737. The van der Waals surface area contributed by atoms with E-state index in [1.807, 2.05) is 0 Å². The molecule has 0 spiro atoms. The van der Waals surface area contributed by atoms with Gasteiger partial charge in [0.2, 0.25) is 0 Å². The molecule has 1 aromatic carbocycles. The predicted octanol–water partition coefficient (Wildman–Crippen LogP) is 3.64. The predicted molar refractivity (Wildman–Crippen MR) is 68.0 cm³/mol. The molecule has 2 aromatic rings. The summed E-state index contributed by atoms with van der Waals surface area (Å²) in [6.07, 6.45) is 6.51. The minimum Gasteiger partial charge on any atom is -0.281 e. The maximum atomic E-state index is 4.56. The van der Waals surface area contributed by atoms with E-state index in [1.54, 1.807) is 0 Å². The molecule has 2 aliphatic carbocycles. The smallest absolute Gasteiger partial charge is 0.0961 e. The number of aromatic nitrogens is 2. The number of H-pyrrole nitrogens is 1. The monoisotopic (exact) mass is 224 g/mol. The van der Waals surface area contributed by atoms with Crippen LogP contribution in [0.4, 0.5) is 0 Å². The van der Waals surface area contributed by atoms with E-state index in [-0.39, 0.29) is 0 Å². The molecular weight excluding hydrogens is 208 g/mol. The first-order valence-electron chi connectivity index (χ1n) is 6.59. The lowest BCUT2D eigenvalue weighted by Gasteiger charge is -2.07. The van der Waals surface area contributed by atoms with Gasteiger partial charge >= 0.3 is 0 Å². The molecule has 0 unspecified atom stereocenters. The zero-order chi connectivity index (χ0) is 11.2. The van der Waals surface area contributed by atoms with Gasteiger partial charge in [-0.25, -0.2) is 0 Å². The zero-order valence-corrected chi connectivity index (χ0v) is 9.87. The molecule has 2 heteroatoms. The zero-order valence-electron chi connectivity index (χ0n) is 9.87. The molecule has 1 saturated carbocycles. The van der Waals surface area contributed by atoms with Gasteiger partial charge in [-0.15, -0.1) is 0 Å². The number of benzene rings is 1. The van der Waals surface area contributed by atoms with E-state index in [9.17, 15) is 0 Å². The van der Waals surface area contributed by atoms with Gasteiger partial charge in [0.05, 0.1) is 5.69 Å². The fraction of sp³-hybridized carbons (Fsp3) is 0.400. The second kappa shape index (κ2) is 3.46. The Bertz CT molecular complexity index is 562. The molecule has 1 N–H and O–H groups in total. The topological polar surface area (TPSA) is 28.7 Å². The van der Waals surface area contributed by atoms with Crippen molar-refractivity contribution in [3.8, 4) is 11.3 Å². The summed E-state index contributed by atoms with van der Waals surface area (Å²) in [7, 11) is 0. The van der Waals surface area contributed by atoms with Crippen molar-refractivity contribution in [2.24, 2.45) is 0 Å². The molecule has 1 heterocycles. The molecule has 4 rings (SSSR count). The number of hydrogen-bond acceptors (Lipinski definition) is 1. The minimum absolute atomic E-state index is 0.737. The van der Waals surface area contributed by atoms with E-state index in [0.29, 0.717) is 0 Å². The maximum Gasteiger partial charge on any atom is 0.0961 e. The molecule has 0 radical (unpaired) electrons. The summed E-state index contributed by atoms with van der Waals surface area (Å²) in [5.41, 5.74) is 6.88. The van der Waals surface area contributed by atoms with Crippen LogP contribution in [0.25, 0.3) is 11.3 Å². The van der Waals surface area contributed by atoms with Crippen LogP contribution in [-0.4, -0.2) is 10.2 Å². The third-order valence-corrected chi connectivity index (χ3v) is 4.30. The molecule has 86 valence electrons. The number of nitrogens with zero attached hydrogens (tertiary/aromatic N) is 1. The Morgan fingerprint density at radius 3 is 2.82 bits per heavy atom. The van der Waals surface area contributed by atoms with Gasteiger partial charge in [0.15, 0.2) is 0 Å². The Balaban J connectivity index is 1.81. The first-order valence-corrected chi connectivity index (χ1v) is 6.59. The van der Waals surface area contributed by atoms with Crippen molar-refractivity contribution in [3.63, 3.8) is 0 Å². The number of aromatic amines is 1. The number of hydrogen-bond donors (Lipinski definition) is 1. The fourth-order valence-electron chi connectivity index (χ4n) is 3.43. The van der Waals surface area contributed by atoms with Crippen molar-refractivity contribution >= 4 is 0 Å². The van der Waals surface area contributed by atoms with Crippen LogP contribution < -0.4 is 0 Å². The second-order valence-corrected chi connectivity index (χ2v) is 5.28. The van der Waals surface area contributed by atoms with Gasteiger partial charge in [-0.3, -0.25) is 5.10 Å². The standard InChI is InChI=1S/C15H16N2/c1-2-6-10(5-1)14-13-9-11-7-3-4-8-12(11)15(13)17-16-14/h3-4,7-8,10H,1-2,5-6,9H2,(H,16,17). The average Bonchev–Trinajstić information content (AvgIpc) is 3.04. The van der Waals surface area contributed by atoms with Crippen LogP contribution in [-0.2, 0) is 6.42 Å². The van der Waals surface area contributed by atoms with Crippen molar-refractivity contribution in [2.75, 3.05) is 0 Å². The van der Waals surface area contributed by atoms with E-state index >= 15 is 0 Å².